The fourth-order valence-corrected chi connectivity index (χ4v) is 4.94. The lowest BCUT2D eigenvalue weighted by Gasteiger charge is -2.32. The van der Waals surface area contributed by atoms with Crippen LogP contribution in [0.2, 0.25) is 0 Å². The number of hydrogen-bond donors (Lipinski definition) is 1. The van der Waals surface area contributed by atoms with Gasteiger partial charge in [0.15, 0.2) is 0 Å². The van der Waals surface area contributed by atoms with Crippen molar-refractivity contribution < 1.29 is 8.42 Å². The van der Waals surface area contributed by atoms with Gasteiger partial charge in [-0.3, -0.25) is 5.84 Å². The van der Waals surface area contributed by atoms with Gasteiger partial charge < -0.3 is 4.90 Å². The summed E-state index contributed by atoms with van der Waals surface area (Å²) in [5.74, 6) is 8.01. The average Bonchev–Trinajstić information content (AvgIpc) is 2.85. The summed E-state index contributed by atoms with van der Waals surface area (Å²) < 4.78 is 24.6. The summed E-state index contributed by atoms with van der Waals surface area (Å²) in [4.78, 5) is 2.57. The Labute approximate surface area is 121 Å². The molecule has 3 fully saturated rings. The topological polar surface area (TPSA) is 69.9 Å². The van der Waals surface area contributed by atoms with E-state index in [9.17, 15) is 8.42 Å². The number of piperidine rings is 1. The Morgan fingerprint density at radius 2 is 1.60 bits per heavy atom. The van der Waals surface area contributed by atoms with E-state index in [1.807, 2.05) is 5.01 Å². The van der Waals surface area contributed by atoms with Crippen molar-refractivity contribution in [2.24, 2.45) is 23.6 Å². The van der Waals surface area contributed by atoms with Crippen LogP contribution in [0.1, 0.15) is 12.8 Å². The molecule has 0 amide bonds. The van der Waals surface area contributed by atoms with Crippen LogP contribution in [0.15, 0.2) is 0 Å². The molecule has 0 spiro atoms. The van der Waals surface area contributed by atoms with Crippen molar-refractivity contribution in [1.29, 1.82) is 0 Å². The van der Waals surface area contributed by atoms with Crippen LogP contribution in [-0.4, -0.2) is 74.7 Å². The highest BCUT2D eigenvalue weighted by Crippen LogP contribution is 2.31. The van der Waals surface area contributed by atoms with E-state index in [0.717, 1.165) is 44.3 Å². The molecular weight excluding hydrogens is 276 g/mol. The molecule has 3 saturated heterocycles. The Hall–Kier alpha value is -0.210. The molecule has 2 N–H and O–H groups in total. The van der Waals surface area contributed by atoms with Crippen molar-refractivity contribution >= 4 is 10.0 Å². The van der Waals surface area contributed by atoms with Gasteiger partial charge in [-0.2, -0.15) is 0 Å². The van der Waals surface area contributed by atoms with Gasteiger partial charge >= 0.3 is 0 Å². The molecule has 0 radical (unpaired) electrons. The minimum atomic E-state index is -2.99. The summed E-state index contributed by atoms with van der Waals surface area (Å²) in [5.41, 5.74) is 0. The lowest BCUT2D eigenvalue weighted by Crippen LogP contribution is -2.41. The summed E-state index contributed by atoms with van der Waals surface area (Å²) in [7, 11) is -2.99. The second kappa shape index (κ2) is 5.53. The first-order valence-electron chi connectivity index (χ1n) is 7.59. The fraction of sp³-hybridized carbons (Fsp3) is 1.00. The van der Waals surface area contributed by atoms with Gasteiger partial charge in [0.25, 0.3) is 0 Å². The summed E-state index contributed by atoms with van der Waals surface area (Å²) in [5, 5.41) is 1.96. The molecule has 3 rings (SSSR count). The molecule has 3 aliphatic rings. The van der Waals surface area contributed by atoms with Gasteiger partial charge in [-0.1, -0.05) is 0 Å². The number of nitrogens with zero attached hydrogens (tertiary/aromatic N) is 3. The van der Waals surface area contributed by atoms with Crippen LogP contribution < -0.4 is 5.84 Å². The summed E-state index contributed by atoms with van der Waals surface area (Å²) >= 11 is 0. The van der Waals surface area contributed by atoms with Crippen LogP contribution in [0.3, 0.4) is 0 Å². The normalized spacial score (nSPS) is 34.7. The molecule has 0 unspecified atom stereocenters. The summed E-state index contributed by atoms with van der Waals surface area (Å²) in [6.07, 6.45) is 3.32. The zero-order valence-corrected chi connectivity index (χ0v) is 13.1. The highest BCUT2D eigenvalue weighted by molar-refractivity contribution is 7.88. The van der Waals surface area contributed by atoms with E-state index in [-0.39, 0.29) is 0 Å². The molecule has 0 aromatic heterocycles. The zero-order valence-electron chi connectivity index (χ0n) is 12.2. The number of nitrogens with two attached hydrogens (primary N) is 1. The van der Waals surface area contributed by atoms with Gasteiger partial charge in [0.1, 0.15) is 0 Å². The van der Waals surface area contributed by atoms with Crippen molar-refractivity contribution in [3.63, 3.8) is 0 Å². The second-order valence-corrected chi connectivity index (χ2v) is 8.78. The molecule has 3 aliphatic heterocycles. The van der Waals surface area contributed by atoms with Gasteiger partial charge in [-0.15, -0.1) is 0 Å². The molecule has 3 heterocycles. The molecule has 116 valence electrons. The maximum atomic E-state index is 11.5. The predicted octanol–water partition coefficient (Wildman–Crippen LogP) is -0.605. The Kier molecular flexibility index (Phi) is 4.07. The van der Waals surface area contributed by atoms with E-state index in [1.54, 1.807) is 4.31 Å². The van der Waals surface area contributed by atoms with Crippen molar-refractivity contribution in [2.45, 2.75) is 12.8 Å². The number of rotatable bonds is 3. The van der Waals surface area contributed by atoms with Crippen LogP contribution in [-0.2, 0) is 10.0 Å². The minimum absolute atomic E-state index is 0.654. The smallest absolute Gasteiger partial charge is 0.211 e. The third kappa shape index (κ3) is 3.17. The molecule has 7 heteroatoms. The molecule has 20 heavy (non-hydrogen) atoms. The fourth-order valence-electron chi connectivity index (χ4n) is 4.06. The maximum Gasteiger partial charge on any atom is 0.211 e. The van der Waals surface area contributed by atoms with E-state index in [4.69, 9.17) is 5.84 Å². The largest absolute Gasteiger partial charge is 0.302 e. The molecule has 0 aromatic carbocycles. The third-order valence-corrected chi connectivity index (χ3v) is 6.45. The van der Waals surface area contributed by atoms with Crippen molar-refractivity contribution in [3.8, 4) is 0 Å². The lowest BCUT2D eigenvalue weighted by atomic mass is 9.97. The standard InChI is InChI=1S/C13H26N4O2S/c1-20(18,19)17-4-2-11(3-5-17)6-15-7-12-9-16(14)10-13(12)8-15/h11-13H,2-10,14H2,1H3/t12-,13+. The Balaban J connectivity index is 1.45. The second-order valence-electron chi connectivity index (χ2n) is 6.80. The number of likely N-dealkylation sites (tertiary alicyclic amines) is 1. The monoisotopic (exact) mass is 302 g/mol. The van der Waals surface area contributed by atoms with Crippen molar-refractivity contribution in [2.75, 3.05) is 52.1 Å². The van der Waals surface area contributed by atoms with E-state index < -0.39 is 10.0 Å². The first kappa shape index (κ1) is 14.7. The molecule has 0 saturated carbocycles. The Morgan fingerprint density at radius 1 is 1.05 bits per heavy atom. The number of sulfonamides is 1. The van der Waals surface area contributed by atoms with Crippen LogP contribution in [0.4, 0.5) is 0 Å². The van der Waals surface area contributed by atoms with Crippen LogP contribution >= 0.6 is 0 Å². The Morgan fingerprint density at radius 3 is 2.10 bits per heavy atom. The number of fused-ring (bicyclic) bond motifs is 1. The van der Waals surface area contributed by atoms with E-state index in [2.05, 4.69) is 4.90 Å². The first-order valence-corrected chi connectivity index (χ1v) is 9.44. The molecule has 2 atom stereocenters. The van der Waals surface area contributed by atoms with Gasteiger partial charge in [-0.05, 0) is 30.6 Å². The van der Waals surface area contributed by atoms with Gasteiger partial charge in [0, 0.05) is 45.8 Å². The molecule has 6 nitrogen and oxygen atoms in total. The van der Waals surface area contributed by atoms with E-state index >= 15 is 0 Å². The van der Waals surface area contributed by atoms with Crippen molar-refractivity contribution in [1.82, 2.24) is 14.2 Å². The summed E-state index contributed by atoms with van der Waals surface area (Å²) in [6, 6.07) is 0. The predicted molar refractivity (Wildman–Crippen MR) is 78.3 cm³/mol. The van der Waals surface area contributed by atoms with E-state index in [0.29, 0.717) is 19.0 Å². The van der Waals surface area contributed by atoms with Crippen molar-refractivity contribution in [3.05, 3.63) is 0 Å². The zero-order chi connectivity index (χ0) is 14.3. The highest BCUT2D eigenvalue weighted by atomic mass is 32.2. The Bertz CT molecular complexity index is 433. The summed E-state index contributed by atoms with van der Waals surface area (Å²) in [6.45, 7) is 6.94. The quantitative estimate of drug-likeness (QED) is 0.705. The number of hydrogen-bond acceptors (Lipinski definition) is 5. The van der Waals surface area contributed by atoms with Crippen LogP contribution in [0, 0.1) is 17.8 Å². The lowest BCUT2D eigenvalue weighted by molar-refractivity contribution is 0.188. The maximum absolute atomic E-state index is 11.5. The minimum Gasteiger partial charge on any atom is -0.302 e. The van der Waals surface area contributed by atoms with Gasteiger partial charge in [-0.25, -0.2) is 17.7 Å². The van der Waals surface area contributed by atoms with Crippen LogP contribution in [0.25, 0.3) is 0 Å². The molecule has 0 bridgehead atoms. The molecule has 0 aliphatic carbocycles. The molecular formula is C13H26N4O2S. The average molecular weight is 302 g/mol. The first-order chi connectivity index (χ1) is 9.41. The van der Waals surface area contributed by atoms with Gasteiger partial charge in [0.05, 0.1) is 6.26 Å². The SMILES string of the molecule is CS(=O)(=O)N1CCC(CN2C[C@H]3CN(N)C[C@H]3C2)CC1. The highest BCUT2D eigenvalue weighted by Gasteiger charge is 2.39. The molecule has 0 aromatic rings. The van der Waals surface area contributed by atoms with Gasteiger partial charge in [0.2, 0.25) is 10.0 Å². The number of hydrazine groups is 1. The van der Waals surface area contributed by atoms with E-state index in [1.165, 1.54) is 19.3 Å². The van der Waals surface area contributed by atoms with Crippen LogP contribution in [0.5, 0.6) is 0 Å². The third-order valence-electron chi connectivity index (χ3n) is 5.15.